The molecule has 2 rings (SSSR count). The molecule has 0 spiro atoms. The summed E-state index contributed by atoms with van der Waals surface area (Å²) in [5, 5.41) is 4.57. The second-order valence-corrected chi connectivity index (χ2v) is 5.72. The van der Waals surface area contributed by atoms with Gasteiger partial charge in [-0.05, 0) is 42.9 Å². The van der Waals surface area contributed by atoms with E-state index in [0.717, 1.165) is 17.5 Å². The van der Waals surface area contributed by atoms with E-state index in [1.54, 1.807) is 0 Å². The smallest absolute Gasteiger partial charge is 0.0440 e. The number of rotatable bonds is 5. The minimum absolute atomic E-state index is 0.665. The Morgan fingerprint density at radius 3 is 2.71 bits per heavy atom. The van der Waals surface area contributed by atoms with Gasteiger partial charge in [-0.2, -0.15) is 0 Å². The maximum absolute atomic E-state index is 6.21. The highest BCUT2D eigenvalue weighted by molar-refractivity contribution is 6.31. The Kier molecular flexibility index (Phi) is 4.47. The molecule has 1 nitrogen and oxygen atoms in total. The van der Waals surface area contributed by atoms with Gasteiger partial charge in [0.05, 0.1) is 0 Å². The molecule has 1 N–H and O–H groups in total. The SMILES string of the molecule is CCC(C)CNC1CC(c2ccccc2Cl)C1. The summed E-state index contributed by atoms with van der Waals surface area (Å²) < 4.78 is 0. The molecule has 1 aromatic rings. The number of halogens is 1. The van der Waals surface area contributed by atoms with Crippen molar-refractivity contribution in [1.29, 1.82) is 0 Å². The van der Waals surface area contributed by atoms with Crippen molar-refractivity contribution >= 4 is 11.6 Å². The molecule has 1 atom stereocenters. The van der Waals surface area contributed by atoms with Gasteiger partial charge in [0.25, 0.3) is 0 Å². The van der Waals surface area contributed by atoms with Crippen LogP contribution in [0.1, 0.15) is 44.6 Å². The highest BCUT2D eigenvalue weighted by atomic mass is 35.5. The summed E-state index contributed by atoms with van der Waals surface area (Å²) in [6.45, 7) is 5.70. The van der Waals surface area contributed by atoms with Gasteiger partial charge in [0.1, 0.15) is 0 Å². The van der Waals surface area contributed by atoms with Gasteiger partial charge >= 0.3 is 0 Å². The van der Waals surface area contributed by atoms with E-state index in [1.165, 1.54) is 24.8 Å². The van der Waals surface area contributed by atoms with Crippen molar-refractivity contribution in [3.05, 3.63) is 34.9 Å². The van der Waals surface area contributed by atoms with Crippen LogP contribution < -0.4 is 5.32 Å². The highest BCUT2D eigenvalue weighted by Crippen LogP contribution is 2.39. The average Bonchev–Trinajstić information content (AvgIpc) is 2.28. The van der Waals surface area contributed by atoms with Crippen LogP contribution in [0.3, 0.4) is 0 Å². The van der Waals surface area contributed by atoms with Crippen molar-refractivity contribution in [3.8, 4) is 0 Å². The maximum atomic E-state index is 6.21. The lowest BCUT2D eigenvalue weighted by molar-refractivity contribution is 0.277. The molecule has 0 aliphatic heterocycles. The minimum Gasteiger partial charge on any atom is -0.314 e. The van der Waals surface area contributed by atoms with Crippen molar-refractivity contribution in [2.24, 2.45) is 5.92 Å². The van der Waals surface area contributed by atoms with E-state index in [4.69, 9.17) is 11.6 Å². The lowest BCUT2D eigenvalue weighted by atomic mass is 9.75. The van der Waals surface area contributed by atoms with Crippen LogP contribution in [-0.4, -0.2) is 12.6 Å². The van der Waals surface area contributed by atoms with Crippen LogP contribution in [0.4, 0.5) is 0 Å². The fraction of sp³-hybridized carbons (Fsp3) is 0.600. The van der Waals surface area contributed by atoms with Crippen molar-refractivity contribution in [2.75, 3.05) is 6.54 Å². The number of hydrogen-bond acceptors (Lipinski definition) is 1. The standard InChI is InChI=1S/C15H22ClN/c1-3-11(2)10-17-13-8-12(9-13)14-6-4-5-7-15(14)16/h4-7,11-13,17H,3,8-10H2,1-2H3. The van der Waals surface area contributed by atoms with Gasteiger partial charge in [-0.3, -0.25) is 0 Å². The van der Waals surface area contributed by atoms with Gasteiger partial charge < -0.3 is 5.32 Å². The molecule has 0 bridgehead atoms. The largest absolute Gasteiger partial charge is 0.314 e. The van der Waals surface area contributed by atoms with E-state index in [0.29, 0.717) is 12.0 Å². The molecule has 17 heavy (non-hydrogen) atoms. The molecule has 0 saturated heterocycles. The monoisotopic (exact) mass is 251 g/mol. The van der Waals surface area contributed by atoms with Gasteiger partial charge in [-0.1, -0.05) is 50.1 Å². The van der Waals surface area contributed by atoms with Crippen LogP contribution in [0.2, 0.25) is 5.02 Å². The number of nitrogens with one attached hydrogen (secondary N) is 1. The molecule has 1 unspecified atom stereocenters. The van der Waals surface area contributed by atoms with Crippen LogP contribution in [0.15, 0.2) is 24.3 Å². The quantitative estimate of drug-likeness (QED) is 0.826. The molecular weight excluding hydrogens is 230 g/mol. The molecule has 2 heteroatoms. The van der Waals surface area contributed by atoms with Crippen molar-refractivity contribution in [3.63, 3.8) is 0 Å². The Morgan fingerprint density at radius 1 is 1.35 bits per heavy atom. The Hall–Kier alpha value is -0.530. The lowest BCUT2D eigenvalue weighted by Gasteiger charge is -2.37. The third-order valence-corrected chi connectivity index (χ3v) is 4.28. The third kappa shape index (κ3) is 3.23. The fourth-order valence-electron chi connectivity index (χ4n) is 2.36. The number of hydrogen-bond donors (Lipinski definition) is 1. The van der Waals surface area contributed by atoms with E-state index < -0.39 is 0 Å². The van der Waals surface area contributed by atoms with Crippen LogP contribution in [0, 0.1) is 5.92 Å². The van der Waals surface area contributed by atoms with Gasteiger partial charge in [0, 0.05) is 11.1 Å². The Morgan fingerprint density at radius 2 is 2.06 bits per heavy atom. The van der Waals surface area contributed by atoms with Gasteiger partial charge in [-0.25, -0.2) is 0 Å². The maximum Gasteiger partial charge on any atom is 0.0440 e. The zero-order valence-corrected chi connectivity index (χ0v) is 11.5. The summed E-state index contributed by atoms with van der Waals surface area (Å²) in [5.41, 5.74) is 1.33. The molecule has 1 aromatic carbocycles. The van der Waals surface area contributed by atoms with Gasteiger partial charge in [-0.15, -0.1) is 0 Å². The molecule has 1 saturated carbocycles. The third-order valence-electron chi connectivity index (χ3n) is 3.94. The van der Waals surface area contributed by atoms with Crippen molar-refractivity contribution < 1.29 is 0 Å². The van der Waals surface area contributed by atoms with Crippen LogP contribution in [-0.2, 0) is 0 Å². The Balaban J connectivity index is 1.77. The molecule has 1 aliphatic rings. The second kappa shape index (κ2) is 5.88. The zero-order chi connectivity index (χ0) is 12.3. The summed E-state index contributed by atoms with van der Waals surface area (Å²) >= 11 is 6.21. The topological polar surface area (TPSA) is 12.0 Å². The molecular formula is C15H22ClN. The van der Waals surface area contributed by atoms with Crippen LogP contribution in [0.5, 0.6) is 0 Å². The van der Waals surface area contributed by atoms with Gasteiger partial charge in [0.15, 0.2) is 0 Å². The van der Waals surface area contributed by atoms with E-state index in [9.17, 15) is 0 Å². The van der Waals surface area contributed by atoms with Crippen LogP contribution in [0.25, 0.3) is 0 Å². The Labute approximate surface area is 110 Å². The van der Waals surface area contributed by atoms with E-state index >= 15 is 0 Å². The summed E-state index contributed by atoms with van der Waals surface area (Å²) in [6, 6.07) is 8.95. The van der Waals surface area contributed by atoms with E-state index in [1.807, 2.05) is 12.1 Å². The number of benzene rings is 1. The molecule has 94 valence electrons. The summed E-state index contributed by atoms with van der Waals surface area (Å²) in [6.07, 6.45) is 3.73. The van der Waals surface area contributed by atoms with E-state index in [2.05, 4.69) is 31.3 Å². The molecule has 0 amide bonds. The molecule has 1 aliphatic carbocycles. The molecule has 0 aromatic heterocycles. The summed E-state index contributed by atoms with van der Waals surface area (Å²) in [7, 11) is 0. The highest BCUT2D eigenvalue weighted by Gasteiger charge is 2.30. The first-order valence-electron chi connectivity index (χ1n) is 6.68. The van der Waals surface area contributed by atoms with Crippen LogP contribution >= 0.6 is 11.6 Å². The molecule has 1 fully saturated rings. The fourth-order valence-corrected chi connectivity index (χ4v) is 2.65. The first-order valence-corrected chi connectivity index (χ1v) is 7.06. The van der Waals surface area contributed by atoms with Gasteiger partial charge in [0.2, 0.25) is 0 Å². The van der Waals surface area contributed by atoms with Crippen molar-refractivity contribution in [1.82, 2.24) is 5.32 Å². The first-order chi connectivity index (χ1) is 8.20. The molecule has 0 radical (unpaired) electrons. The summed E-state index contributed by atoms with van der Waals surface area (Å²) in [4.78, 5) is 0. The predicted octanol–water partition coefficient (Wildman–Crippen LogP) is 4.22. The average molecular weight is 252 g/mol. The minimum atomic E-state index is 0.665. The normalized spacial score (nSPS) is 25.4. The Bertz CT molecular complexity index is 358. The van der Waals surface area contributed by atoms with E-state index in [-0.39, 0.29) is 0 Å². The molecule has 0 heterocycles. The predicted molar refractivity (Wildman–Crippen MR) is 74.7 cm³/mol. The lowest BCUT2D eigenvalue weighted by Crippen LogP contribution is -2.41. The van der Waals surface area contributed by atoms with Crippen molar-refractivity contribution in [2.45, 2.75) is 45.1 Å². The zero-order valence-electron chi connectivity index (χ0n) is 10.7. The first kappa shape index (κ1) is 12.9. The second-order valence-electron chi connectivity index (χ2n) is 5.31. The summed E-state index contributed by atoms with van der Waals surface area (Å²) in [5.74, 6) is 1.45.